The smallest absolute Gasteiger partial charge is 0.171 e. The van der Waals surface area contributed by atoms with E-state index in [0.717, 1.165) is 32.5 Å². The van der Waals surface area contributed by atoms with Gasteiger partial charge in [-0.2, -0.15) is 10.4 Å². The first-order valence-corrected chi connectivity index (χ1v) is 7.01. The number of halogens is 1. The van der Waals surface area contributed by atoms with Crippen LogP contribution < -0.4 is 5.32 Å². The molecule has 0 unspecified atom stereocenters. The number of aryl methyl sites for hydroxylation is 3. The summed E-state index contributed by atoms with van der Waals surface area (Å²) in [6.45, 7) is 7.76. The molecule has 0 saturated heterocycles. The number of hydrogen-bond acceptors (Lipinski definition) is 4. The Morgan fingerprint density at radius 2 is 1.70 bits per heavy atom. The first-order chi connectivity index (χ1) is 9.43. The van der Waals surface area contributed by atoms with Gasteiger partial charge in [0.15, 0.2) is 5.82 Å². The molecule has 0 amide bonds. The Morgan fingerprint density at radius 1 is 1.10 bits per heavy atom. The van der Waals surface area contributed by atoms with E-state index in [-0.39, 0.29) is 0 Å². The predicted molar refractivity (Wildman–Crippen MR) is 83.1 cm³/mol. The lowest BCUT2D eigenvalue weighted by Crippen LogP contribution is -2.05. The number of aromatic nitrogens is 2. The third-order valence-electron chi connectivity index (χ3n) is 3.31. The van der Waals surface area contributed by atoms with Crippen LogP contribution in [0.3, 0.4) is 0 Å². The Bertz CT molecular complexity index is 694. The summed E-state index contributed by atoms with van der Waals surface area (Å²) < 4.78 is 1.03. The quantitative estimate of drug-likeness (QED) is 0.900. The lowest BCUT2D eigenvalue weighted by atomic mass is 10.1. The molecule has 102 valence electrons. The van der Waals surface area contributed by atoms with E-state index < -0.39 is 0 Å². The minimum atomic E-state index is 0.504. The van der Waals surface area contributed by atoms with Gasteiger partial charge < -0.3 is 5.32 Å². The number of nitriles is 1. The molecule has 0 spiro atoms. The third kappa shape index (κ3) is 2.66. The van der Waals surface area contributed by atoms with E-state index in [1.54, 1.807) is 0 Å². The zero-order valence-electron chi connectivity index (χ0n) is 11.9. The van der Waals surface area contributed by atoms with Crippen LogP contribution in [0, 0.1) is 39.0 Å². The van der Waals surface area contributed by atoms with Crippen molar-refractivity contribution in [1.82, 2.24) is 10.2 Å². The highest BCUT2D eigenvalue weighted by Gasteiger charge is 2.13. The molecule has 0 radical (unpaired) electrons. The second-order valence-electron chi connectivity index (χ2n) is 4.79. The number of nitrogens with zero attached hydrogens (tertiary/aromatic N) is 3. The minimum Gasteiger partial charge on any atom is -0.337 e. The van der Waals surface area contributed by atoms with E-state index in [2.05, 4.69) is 37.5 Å². The second-order valence-corrected chi connectivity index (χ2v) is 5.70. The summed E-state index contributed by atoms with van der Waals surface area (Å²) in [5, 5.41) is 20.8. The number of anilines is 2. The first-order valence-electron chi connectivity index (χ1n) is 6.21. The van der Waals surface area contributed by atoms with E-state index >= 15 is 0 Å². The van der Waals surface area contributed by atoms with Crippen molar-refractivity contribution in [3.8, 4) is 6.07 Å². The average molecular weight is 331 g/mol. The van der Waals surface area contributed by atoms with Crippen LogP contribution in [0.25, 0.3) is 0 Å². The summed E-state index contributed by atoms with van der Waals surface area (Å²) in [5.41, 5.74) is 5.30. The molecule has 1 N–H and O–H groups in total. The number of hydrogen-bond donors (Lipinski definition) is 1. The lowest BCUT2D eigenvalue weighted by molar-refractivity contribution is 0.959. The van der Waals surface area contributed by atoms with E-state index in [9.17, 15) is 5.26 Å². The molecule has 20 heavy (non-hydrogen) atoms. The van der Waals surface area contributed by atoms with E-state index in [1.807, 2.05) is 39.8 Å². The van der Waals surface area contributed by atoms with Crippen LogP contribution in [0.15, 0.2) is 16.6 Å². The van der Waals surface area contributed by atoms with Crippen molar-refractivity contribution in [1.29, 1.82) is 5.26 Å². The Hall–Kier alpha value is -1.93. The first kappa shape index (κ1) is 14.5. The van der Waals surface area contributed by atoms with Crippen molar-refractivity contribution >= 4 is 27.4 Å². The molecule has 1 heterocycles. The third-order valence-corrected chi connectivity index (χ3v) is 3.77. The molecule has 2 aromatic rings. The Labute approximate surface area is 127 Å². The molecule has 0 saturated carbocycles. The van der Waals surface area contributed by atoms with Crippen molar-refractivity contribution in [2.24, 2.45) is 0 Å². The summed E-state index contributed by atoms with van der Waals surface area (Å²) in [5.74, 6) is 0.504. The second kappa shape index (κ2) is 5.59. The van der Waals surface area contributed by atoms with E-state index in [4.69, 9.17) is 0 Å². The monoisotopic (exact) mass is 330 g/mol. The molecule has 2 rings (SSSR count). The fourth-order valence-corrected chi connectivity index (χ4v) is 2.75. The molecule has 0 atom stereocenters. The zero-order valence-corrected chi connectivity index (χ0v) is 13.5. The van der Waals surface area contributed by atoms with Crippen LogP contribution in [0.5, 0.6) is 0 Å². The predicted octanol–water partition coefficient (Wildman–Crippen LogP) is 4.09. The highest BCUT2D eigenvalue weighted by Crippen LogP contribution is 2.29. The molecule has 4 nitrogen and oxygen atoms in total. The standard InChI is InChI=1S/C15H15BrN4/c1-8-5-12(16)6-9(2)14(8)18-15-13(7-17)10(3)11(4)19-20-15/h5-6H,1-4H3,(H,18,20). The number of rotatable bonds is 2. The molecular weight excluding hydrogens is 316 g/mol. The Balaban J connectivity index is 2.52. The summed E-state index contributed by atoms with van der Waals surface area (Å²) in [6, 6.07) is 6.25. The van der Waals surface area contributed by atoms with E-state index in [1.165, 1.54) is 0 Å². The fraction of sp³-hybridized carbons (Fsp3) is 0.267. The van der Waals surface area contributed by atoms with Gasteiger partial charge in [-0.15, -0.1) is 5.10 Å². The largest absolute Gasteiger partial charge is 0.337 e. The van der Waals surface area contributed by atoms with Crippen molar-refractivity contribution in [2.45, 2.75) is 27.7 Å². The van der Waals surface area contributed by atoms with Crippen LogP contribution in [0.2, 0.25) is 0 Å². The summed E-state index contributed by atoms with van der Waals surface area (Å²) >= 11 is 3.47. The molecule has 5 heteroatoms. The Morgan fingerprint density at radius 3 is 2.25 bits per heavy atom. The van der Waals surface area contributed by atoms with Gasteiger partial charge in [-0.25, -0.2) is 0 Å². The molecular formula is C15H15BrN4. The van der Waals surface area contributed by atoms with Crippen LogP contribution in [0.4, 0.5) is 11.5 Å². The summed E-state index contributed by atoms with van der Waals surface area (Å²) in [6.07, 6.45) is 0. The summed E-state index contributed by atoms with van der Waals surface area (Å²) in [7, 11) is 0. The minimum absolute atomic E-state index is 0.504. The maximum absolute atomic E-state index is 9.32. The van der Waals surface area contributed by atoms with Crippen LogP contribution in [-0.4, -0.2) is 10.2 Å². The van der Waals surface area contributed by atoms with Gasteiger partial charge in [0.2, 0.25) is 0 Å². The van der Waals surface area contributed by atoms with Gasteiger partial charge in [-0.3, -0.25) is 0 Å². The lowest BCUT2D eigenvalue weighted by Gasteiger charge is -2.14. The maximum Gasteiger partial charge on any atom is 0.171 e. The number of benzene rings is 1. The maximum atomic E-state index is 9.32. The molecule has 1 aromatic heterocycles. The van der Waals surface area contributed by atoms with Gasteiger partial charge in [0.05, 0.1) is 5.69 Å². The molecule has 0 bridgehead atoms. The van der Waals surface area contributed by atoms with Gasteiger partial charge in [0, 0.05) is 10.2 Å². The van der Waals surface area contributed by atoms with Crippen molar-refractivity contribution in [3.63, 3.8) is 0 Å². The van der Waals surface area contributed by atoms with Gasteiger partial charge >= 0.3 is 0 Å². The van der Waals surface area contributed by atoms with Crippen LogP contribution in [-0.2, 0) is 0 Å². The molecule has 1 aromatic carbocycles. The van der Waals surface area contributed by atoms with Crippen molar-refractivity contribution in [2.75, 3.05) is 5.32 Å². The van der Waals surface area contributed by atoms with Crippen LogP contribution >= 0.6 is 15.9 Å². The molecule has 0 aliphatic rings. The zero-order chi connectivity index (χ0) is 14.9. The summed E-state index contributed by atoms with van der Waals surface area (Å²) in [4.78, 5) is 0. The van der Waals surface area contributed by atoms with Crippen molar-refractivity contribution in [3.05, 3.63) is 44.6 Å². The highest BCUT2D eigenvalue weighted by atomic mass is 79.9. The topological polar surface area (TPSA) is 61.6 Å². The van der Waals surface area contributed by atoms with E-state index in [0.29, 0.717) is 11.4 Å². The Kier molecular flexibility index (Phi) is 4.05. The van der Waals surface area contributed by atoms with Gasteiger partial charge in [-0.05, 0) is 56.5 Å². The molecule has 0 aliphatic carbocycles. The van der Waals surface area contributed by atoms with Gasteiger partial charge in [-0.1, -0.05) is 15.9 Å². The molecule has 0 fully saturated rings. The SMILES string of the molecule is Cc1cc(Br)cc(C)c1Nc1nnc(C)c(C)c1C#N. The average Bonchev–Trinajstić information content (AvgIpc) is 2.38. The van der Waals surface area contributed by atoms with Crippen molar-refractivity contribution < 1.29 is 0 Å². The highest BCUT2D eigenvalue weighted by molar-refractivity contribution is 9.10. The fourth-order valence-electron chi connectivity index (χ4n) is 2.06. The normalized spacial score (nSPS) is 10.2. The number of nitrogens with one attached hydrogen (secondary N) is 1. The molecule has 0 aliphatic heterocycles. The van der Waals surface area contributed by atoms with Gasteiger partial charge in [0.1, 0.15) is 11.6 Å². The van der Waals surface area contributed by atoms with Gasteiger partial charge in [0.25, 0.3) is 0 Å². The van der Waals surface area contributed by atoms with Crippen LogP contribution in [0.1, 0.15) is 27.9 Å².